The van der Waals surface area contributed by atoms with E-state index in [2.05, 4.69) is 17.3 Å². The van der Waals surface area contributed by atoms with Crippen molar-refractivity contribution in [1.29, 1.82) is 0 Å². The molecule has 1 fully saturated rings. The average Bonchev–Trinajstić information content (AvgIpc) is 3.41. The molecule has 0 bridgehead atoms. The minimum Gasteiger partial charge on any atom is -0.391 e. The van der Waals surface area contributed by atoms with Crippen LogP contribution in [0.2, 0.25) is 0 Å². The number of aliphatic hydroxyl groups excluding tert-OH is 1. The van der Waals surface area contributed by atoms with Gasteiger partial charge in [-0.2, -0.15) is 0 Å². The largest absolute Gasteiger partial charge is 0.391 e. The number of carbonyl (C=O) groups is 2. The van der Waals surface area contributed by atoms with Gasteiger partial charge in [-0.1, -0.05) is 47.6 Å². The van der Waals surface area contributed by atoms with Crippen molar-refractivity contribution in [1.82, 2.24) is 10.1 Å². The van der Waals surface area contributed by atoms with E-state index in [1.54, 1.807) is 17.0 Å². The lowest BCUT2D eigenvalue weighted by molar-refractivity contribution is 0.0764. The molecule has 1 aromatic heterocycles. The number of nitrogens with zero attached hydrogens (tertiary/aromatic N) is 2. The summed E-state index contributed by atoms with van der Waals surface area (Å²) in [4.78, 5) is 27.1. The third kappa shape index (κ3) is 4.23. The average molecular weight is 431 g/mol. The van der Waals surface area contributed by atoms with E-state index in [1.807, 2.05) is 30.3 Å². The zero-order valence-electron chi connectivity index (χ0n) is 17.9. The number of rotatable bonds is 5. The number of aromatic nitrogens is 1. The number of carbonyl (C=O) groups excluding carboxylic acids is 2. The van der Waals surface area contributed by atoms with Crippen LogP contribution in [-0.2, 0) is 19.3 Å². The Balaban J connectivity index is 1.26. The molecule has 164 valence electrons. The Morgan fingerprint density at radius 3 is 2.56 bits per heavy atom. The maximum absolute atomic E-state index is 12.9. The van der Waals surface area contributed by atoms with E-state index in [0.29, 0.717) is 49.2 Å². The zero-order chi connectivity index (χ0) is 22.1. The first kappa shape index (κ1) is 20.6. The molecular formula is C26H26N2O4. The molecule has 6 heteroatoms. The molecule has 0 saturated carbocycles. The van der Waals surface area contributed by atoms with Gasteiger partial charge in [0.15, 0.2) is 11.5 Å². The van der Waals surface area contributed by atoms with E-state index in [4.69, 9.17) is 4.52 Å². The Hall–Kier alpha value is -3.25. The normalized spacial score (nSPS) is 20.4. The molecule has 1 amide bonds. The van der Waals surface area contributed by atoms with Crippen molar-refractivity contribution in [3.05, 3.63) is 88.3 Å². The predicted molar refractivity (Wildman–Crippen MR) is 119 cm³/mol. The van der Waals surface area contributed by atoms with Gasteiger partial charge in [0.1, 0.15) is 0 Å². The Kier molecular flexibility index (Phi) is 5.62. The van der Waals surface area contributed by atoms with Crippen molar-refractivity contribution in [2.75, 3.05) is 13.1 Å². The molecule has 2 aliphatic rings. The molecule has 1 saturated heterocycles. The highest BCUT2D eigenvalue weighted by Crippen LogP contribution is 2.31. The Morgan fingerprint density at radius 1 is 1.06 bits per heavy atom. The number of hydrogen-bond acceptors (Lipinski definition) is 5. The first-order valence-corrected chi connectivity index (χ1v) is 11.2. The van der Waals surface area contributed by atoms with Gasteiger partial charge in [0, 0.05) is 31.5 Å². The lowest BCUT2D eigenvalue weighted by atomic mass is 9.82. The third-order valence-electron chi connectivity index (χ3n) is 6.45. The van der Waals surface area contributed by atoms with Crippen LogP contribution in [0.3, 0.4) is 0 Å². The highest BCUT2D eigenvalue weighted by atomic mass is 16.5. The highest BCUT2D eigenvalue weighted by molar-refractivity contribution is 5.99. The first-order valence-electron chi connectivity index (χ1n) is 11.2. The van der Waals surface area contributed by atoms with E-state index in [0.717, 1.165) is 24.1 Å². The molecule has 0 radical (unpaired) electrons. The monoisotopic (exact) mass is 430 g/mol. The number of likely N-dealkylation sites (tertiary alicyclic amines) is 1. The number of fused-ring (bicyclic) bond motifs is 1. The molecule has 1 aliphatic heterocycles. The topological polar surface area (TPSA) is 83.6 Å². The molecule has 5 rings (SSSR count). The molecule has 2 heterocycles. The number of β-amino-alcohol motifs (C(OH)–C–C–N with tert-alkyl or cyclic N) is 1. The fraction of sp³-hybridized carbons (Fsp3) is 0.346. The van der Waals surface area contributed by atoms with Crippen LogP contribution in [0.4, 0.5) is 0 Å². The van der Waals surface area contributed by atoms with Crippen LogP contribution in [0.5, 0.6) is 0 Å². The van der Waals surface area contributed by atoms with Crippen molar-refractivity contribution in [2.24, 2.45) is 5.92 Å². The van der Waals surface area contributed by atoms with Gasteiger partial charge in [0.05, 0.1) is 17.4 Å². The summed E-state index contributed by atoms with van der Waals surface area (Å²) in [7, 11) is 0. The molecule has 2 atom stereocenters. The van der Waals surface area contributed by atoms with Crippen LogP contribution in [-0.4, -0.2) is 46.0 Å². The van der Waals surface area contributed by atoms with Crippen LogP contribution in [0.15, 0.2) is 59.1 Å². The molecule has 1 N–H and O–H groups in total. The van der Waals surface area contributed by atoms with E-state index in [9.17, 15) is 14.7 Å². The molecule has 1 aliphatic carbocycles. The van der Waals surface area contributed by atoms with Gasteiger partial charge in [0.25, 0.3) is 5.91 Å². The number of Topliss-reactive ketones (excluding diaryl/α,β-unsaturated/α-hetero) is 1. The first-order chi connectivity index (χ1) is 15.6. The van der Waals surface area contributed by atoms with Crippen LogP contribution in [0.25, 0.3) is 0 Å². The van der Waals surface area contributed by atoms with Crippen molar-refractivity contribution in [3.8, 4) is 0 Å². The molecule has 6 nitrogen and oxygen atoms in total. The molecule has 3 aromatic rings. The standard InChI is InChI=1S/C26H26N2O4/c29-21-10-11-28(16-21)26(31)20-8-6-18(7-9-20)15-24-25-22(27-32-24)13-19(14-23(25)30)12-17-4-2-1-3-5-17/h1-9,19,21,29H,10-16H2/t19?,21-/m1/s1. The number of ketones is 1. The van der Waals surface area contributed by atoms with Crippen molar-refractivity contribution in [3.63, 3.8) is 0 Å². The van der Waals surface area contributed by atoms with Crippen LogP contribution < -0.4 is 0 Å². The quantitative estimate of drug-likeness (QED) is 0.670. The second kappa shape index (κ2) is 8.71. The minimum atomic E-state index is -0.430. The van der Waals surface area contributed by atoms with Gasteiger partial charge in [0.2, 0.25) is 0 Å². The van der Waals surface area contributed by atoms with Crippen LogP contribution in [0.1, 0.15) is 56.1 Å². The van der Waals surface area contributed by atoms with Crippen LogP contribution in [0, 0.1) is 5.92 Å². The lowest BCUT2D eigenvalue weighted by Crippen LogP contribution is -2.29. The van der Waals surface area contributed by atoms with Crippen molar-refractivity contribution >= 4 is 11.7 Å². The fourth-order valence-electron chi connectivity index (χ4n) is 4.80. The minimum absolute atomic E-state index is 0.0650. The Labute approximate surface area is 186 Å². The smallest absolute Gasteiger partial charge is 0.253 e. The molecule has 1 unspecified atom stereocenters. The van der Waals surface area contributed by atoms with Gasteiger partial charge in [-0.3, -0.25) is 9.59 Å². The number of benzene rings is 2. The summed E-state index contributed by atoms with van der Waals surface area (Å²) in [5.41, 5.74) is 4.19. The number of hydrogen-bond donors (Lipinski definition) is 1. The van der Waals surface area contributed by atoms with E-state index >= 15 is 0 Å². The van der Waals surface area contributed by atoms with Gasteiger partial charge in [-0.25, -0.2) is 0 Å². The fourth-order valence-corrected chi connectivity index (χ4v) is 4.80. The predicted octanol–water partition coefficient (Wildman–Crippen LogP) is 3.46. The van der Waals surface area contributed by atoms with Gasteiger partial charge in [-0.15, -0.1) is 0 Å². The van der Waals surface area contributed by atoms with Gasteiger partial charge >= 0.3 is 0 Å². The summed E-state index contributed by atoms with van der Waals surface area (Å²) >= 11 is 0. The molecule has 0 spiro atoms. The second-order valence-corrected chi connectivity index (χ2v) is 8.88. The molecular weight excluding hydrogens is 404 g/mol. The summed E-state index contributed by atoms with van der Waals surface area (Å²) in [6.45, 7) is 0.970. The Bertz CT molecular complexity index is 1120. The SMILES string of the molecule is O=C1CC(Cc2ccccc2)Cc2noc(Cc3ccc(C(=O)N4CC[C@@H](O)C4)cc3)c21. The van der Waals surface area contributed by atoms with E-state index < -0.39 is 6.10 Å². The summed E-state index contributed by atoms with van der Waals surface area (Å²) in [5, 5.41) is 13.9. The van der Waals surface area contributed by atoms with Crippen molar-refractivity contribution < 1.29 is 19.2 Å². The molecule has 32 heavy (non-hydrogen) atoms. The summed E-state index contributed by atoms with van der Waals surface area (Å²) in [5.74, 6) is 0.877. The van der Waals surface area contributed by atoms with Crippen LogP contribution >= 0.6 is 0 Å². The maximum atomic E-state index is 12.9. The Morgan fingerprint density at radius 2 is 1.84 bits per heavy atom. The summed E-state index contributed by atoms with van der Waals surface area (Å²) in [6.07, 6.45) is 2.77. The maximum Gasteiger partial charge on any atom is 0.253 e. The number of amides is 1. The molecule has 2 aromatic carbocycles. The second-order valence-electron chi connectivity index (χ2n) is 8.88. The van der Waals surface area contributed by atoms with Gasteiger partial charge in [-0.05, 0) is 48.4 Å². The van der Waals surface area contributed by atoms with Crippen molar-refractivity contribution in [2.45, 2.75) is 38.2 Å². The number of aliphatic hydroxyl groups is 1. The zero-order valence-corrected chi connectivity index (χ0v) is 17.9. The van der Waals surface area contributed by atoms with Gasteiger partial charge < -0.3 is 14.5 Å². The third-order valence-corrected chi connectivity index (χ3v) is 6.45. The van der Waals surface area contributed by atoms with E-state index in [1.165, 1.54) is 5.56 Å². The summed E-state index contributed by atoms with van der Waals surface area (Å²) < 4.78 is 5.59. The highest BCUT2D eigenvalue weighted by Gasteiger charge is 2.32. The van der Waals surface area contributed by atoms with E-state index in [-0.39, 0.29) is 17.6 Å². The lowest BCUT2D eigenvalue weighted by Gasteiger charge is -2.20. The summed E-state index contributed by atoms with van der Waals surface area (Å²) in [6, 6.07) is 17.6.